The predicted octanol–water partition coefficient (Wildman–Crippen LogP) is 1.70. The summed E-state index contributed by atoms with van der Waals surface area (Å²) in [4.78, 5) is 12.7. The van der Waals surface area contributed by atoms with Crippen LogP contribution >= 0.6 is 0 Å². The molecule has 0 aromatic carbocycles. The van der Waals surface area contributed by atoms with Gasteiger partial charge in [0, 0.05) is 7.85 Å². The zero-order valence-electron chi connectivity index (χ0n) is 6.59. The maximum absolute atomic E-state index is 9.70. The first-order valence-electron chi connectivity index (χ1n) is 3.22. The van der Waals surface area contributed by atoms with Crippen molar-refractivity contribution in [1.29, 1.82) is 0 Å². The van der Waals surface area contributed by atoms with E-state index in [0.29, 0.717) is 6.42 Å². The average molecular weight is 148 g/mol. The highest BCUT2D eigenvalue weighted by Crippen LogP contribution is 1.77. The summed E-state index contributed by atoms with van der Waals surface area (Å²) in [6.45, 7) is 5.74. The van der Waals surface area contributed by atoms with Crippen molar-refractivity contribution >= 4 is 11.9 Å². The van der Waals surface area contributed by atoms with Gasteiger partial charge < -0.3 is 10.8 Å². The number of carboxylic acid groups (broad SMARTS) is 1. The van der Waals surface area contributed by atoms with Crippen LogP contribution in [0.3, 0.4) is 0 Å². The minimum Gasteiger partial charge on any atom is -0.463 e. The lowest BCUT2D eigenvalue weighted by atomic mass is 10.5. The van der Waals surface area contributed by atoms with E-state index in [-0.39, 0.29) is 7.26 Å². The molecule has 0 aliphatic rings. The average Bonchev–Trinajstić information content (AvgIpc) is 1.91. The van der Waals surface area contributed by atoms with Crippen LogP contribution in [0.5, 0.6) is 0 Å². The molecule has 1 amide bonds. The van der Waals surface area contributed by atoms with E-state index in [0.717, 1.165) is 0 Å². The molecule has 4 heteroatoms. The fourth-order valence-electron chi connectivity index (χ4n) is 0.202. The first-order chi connectivity index (χ1) is 4.66. The molecular formula is C6H16N2O2. The van der Waals surface area contributed by atoms with Gasteiger partial charge in [-0.2, -0.15) is 4.99 Å². The summed E-state index contributed by atoms with van der Waals surface area (Å²) in [7, 11) is 0. The molecule has 0 atom stereocenters. The van der Waals surface area contributed by atoms with Gasteiger partial charge in [-0.15, -0.1) is 0 Å². The lowest BCUT2D eigenvalue weighted by molar-refractivity contribution is 0.205. The van der Waals surface area contributed by atoms with Crippen molar-refractivity contribution in [2.75, 3.05) is 0 Å². The third kappa shape index (κ3) is 10.0. The Morgan fingerprint density at radius 2 is 2.10 bits per heavy atom. The van der Waals surface area contributed by atoms with E-state index in [9.17, 15) is 4.79 Å². The van der Waals surface area contributed by atoms with Crippen molar-refractivity contribution in [3.63, 3.8) is 0 Å². The first-order valence-corrected chi connectivity index (χ1v) is 3.22. The highest BCUT2D eigenvalue weighted by Gasteiger charge is 1.90. The molecule has 4 nitrogen and oxygen atoms in total. The Hall–Kier alpha value is -1.06. The van der Waals surface area contributed by atoms with Gasteiger partial charge in [0.25, 0.3) is 0 Å². The monoisotopic (exact) mass is 148 g/mol. The van der Waals surface area contributed by atoms with Gasteiger partial charge in [-0.25, -0.2) is 4.79 Å². The number of amidine groups is 1. The second-order valence-electron chi connectivity index (χ2n) is 1.24. The fraction of sp³-hybridized carbons (Fsp3) is 0.667. The summed E-state index contributed by atoms with van der Waals surface area (Å²) < 4.78 is 0. The summed E-state index contributed by atoms with van der Waals surface area (Å²) in [5, 5.41) is 7.95. The van der Waals surface area contributed by atoms with Crippen molar-refractivity contribution in [2.24, 2.45) is 10.7 Å². The molecule has 0 rings (SSSR count). The molecule has 3 N–H and O–H groups in total. The van der Waals surface area contributed by atoms with Gasteiger partial charge in [0.1, 0.15) is 5.84 Å². The maximum Gasteiger partial charge on any atom is 0.432 e. The molecule has 0 aliphatic heterocycles. The number of nitrogens with zero attached hydrogens (tertiary/aromatic N) is 1. The number of amides is 1. The van der Waals surface area contributed by atoms with E-state index in [1.54, 1.807) is 6.92 Å². The molecule has 62 valence electrons. The number of hydrogen-bond acceptors (Lipinski definition) is 1. The van der Waals surface area contributed by atoms with Crippen molar-refractivity contribution in [1.82, 2.24) is 0 Å². The molecule has 0 spiro atoms. The van der Waals surface area contributed by atoms with E-state index < -0.39 is 6.09 Å². The maximum atomic E-state index is 9.70. The van der Waals surface area contributed by atoms with Gasteiger partial charge in [0.15, 0.2) is 0 Å². The molecule has 0 heterocycles. The van der Waals surface area contributed by atoms with Crippen molar-refractivity contribution in [2.45, 2.75) is 27.2 Å². The number of aliphatic imine (C=N–C) groups is 1. The smallest absolute Gasteiger partial charge is 0.432 e. The van der Waals surface area contributed by atoms with Crippen LogP contribution in [0.1, 0.15) is 28.6 Å². The quantitative estimate of drug-likeness (QED) is 0.439. The molecule has 0 aromatic rings. The van der Waals surface area contributed by atoms with Gasteiger partial charge >= 0.3 is 6.09 Å². The van der Waals surface area contributed by atoms with Crippen LogP contribution in [-0.4, -0.2) is 17.0 Å². The third-order valence-electron chi connectivity index (χ3n) is 0.601. The molecule has 0 radical (unpaired) electrons. The summed E-state index contributed by atoms with van der Waals surface area (Å²) in [6.07, 6.45) is -0.754. The van der Waals surface area contributed by atoms with E-state index >= 15 is 0 Å². The first kappa shape index (κ1) is 11.7. The van der Waals surface area contributed by atoms with Crippen LogP contribution in [0.4, 0.5) is 4.79 Å². The second-order valence-corrected chi connectivity index (χ2v) is 1.24. The molecule has 0 aromatic heterocycles. The van der Waals surface area contributed by atoms with Crippen molar-refractivity contribution in [3.05, 3.63) is 0 Å². The molecule has 0 fully saturated rings. The van der Waals surface area contributed by atoms with Crippen LogP contribution in [0, 0.1) is 0 Å². The van der Waals surface area contributed by atoms with Crippen LogP contribution in [0.15, 0.2) is 4.99 Å². The fourth-order valence-corrected chi connectivity index (χ4v) is 0.202. The normalized spacial score (nSPS) is 9.70. The lowest BCUT2D eigenvalue weighted by Gasteiger charge is -1.87. The van der Waals surface area contributed by atoms with Crippen LogP contribution in [0.25, 0.3) is 0 Å². The van der Waals surface area contributed by atoms with Gasteiger partial charge in [0.05, 0.1) is 0 Å². The highest BCUT2D eigenvalue weighted by molar-refractivity contribution is 5.89. The Morgan fingerprint density at radius 3 is 2.20 bits per heavy atom. The number of nitrogens with two attached hydrogens (primary N) is 1. The van der Waals surface area contributed by atoms with Crippen molar-refractivity contribution < 1.29 is 11.3 Å². The van der Waals surface area contributed by atoms with E-state index in [1.807, 2.05) is 13.8 Å². The highest BCUT2D eigenvalue weighted by atomic mass is 16.4. The summed E-state index contributed by atoms with van der Waals surface area (Å²) in [6, 6.07) is 0. The summed E-state index contributed by atoms with van der Waals surface area (Å²) in [5.41, 5.74) is 5.04. The molecule has 0 saturated carbocycles. The molecule has 10 heavy (non-hydrogen) atoms. The molecule has 0 bridgehead atoms. The van der Waals surface area contributed by atoms with Crippen LogP contribution < -0.4 is 5.73 Å². The van der Waals surface area contributed by atoms with Gasteiger partial charge in [-0.1, -0.05) is 20.8 Å². The zero-order chi connectivity index (χ0) is 8.57. The Balaban J connectivity index is -0.000000196. The van der Waals surface area contributed by atoms with Crippen LogP contribution in [-0.2, 0) is 0 Å². The standard InChI is InChI=1S/C4H8N2O2.C2H6.H2/c1-2-3(5)6-4(7)8;1-2;/h2H2,1H3,(H2,5,6)(H,7,8);1-2H3;1H. The van der Waals surface area contributed by atoms with E-state index in [1.165, 1.54) is 0 Å². The SMILES string of the molecule is CC.CC/C(N)=N/C(=O)O.[HH]. The molecule has 0 saturated heterocycles. The number of carbonyl (C=O) groups is 1. The zero-order valence-corrected chi connectivity index (χ0v) is 6.59. The lowest BCUT2D eigenvalue weighted by Crippen LogP contribution is -2.11. The minimum atomic E-state index is -1.23. The predicted molar refractivity (Wildman–Crippen MR) is 43.4 cm³/mol. The molecule has 0 aliphatic carbocycles. The Kier molecular flexibility index (Phi) is 9.29. The topological polar surface area (TPSA) is 75.7 Å². The van der Waals surface area contributed by atoms with Crippen molar-refractivity contribution in [3.8, 4) is 0 Å². The Labute approximate surface area is 62.2 Å². The second kappa shape index (κ2) is 7.94. The molecule has 0 unspecified atom stereocenters. The molecular weight excluding hydrogens is 132 g/mol. The Morgan fingerprint density at radius 1 is 1.70 bits per heavy atom. The largest absolute Gasteiger partial charge is 0.463 e. The van der Waals surface area contributed by atoms with Gasteiger partial charge in [0.2, 0.25) is 0 Å². The summed E-state index contributed by atoms with van der Waals surface area (Å²) in [5.74, 6) is 0.150. The van der Waals surface area contributed by atoms with E-state index in [4.69, 9.17) is 10.8 Å². The van der Waals surface area contributed by atoms with Gasteiger partial charge in [-0.05, 0) is 0 Å². The van der Waals surface area contributed by atoms with E-state index in [2.05, 4.69) is 4.99 Å². The Bertz CT molecular complexity index is 126. The number of hydrogen-bond donors (Lipinski definition) is 2. The number of rotatable bonds is 1. The third-order valence-corrected chi connectivity index (χ3v) is 0.601. The van der Waals surface area contributed by atoms with Crippen LogP contribution in [0.2, 0.25) is 0 Å². The summed E-state index contributed by atoms with van der Waals surface area (Å²) >= 11 is 0. The van der Waals surface area contributed by atoms with Gasteiger partial charge in [-0.3, -0.25) is 0 Å². The minimum absolute atomic E-state index is 0.